The predicted octanol–water partition coefficient (Wildman–Crippen LogP) is 1.99. The van der Waals surface area contributed by atoms with Gasteiger partial charge in [0.2, 0.25) is 0 Å². The van der Waals surface area contributed by atoms with Crippen molar-refractivity contribution in [3.63, 3.8) is 0 Å². The lowest BCUT2D eigenvalue weighted by molar-refractivity contribution is 0.629. The number of benzene rings is 1. The Morgan fingerprint density at radius 1 is 1.50 bits per heavy atom. The molecule has 4 heteroatoms. The average Bonchev–Trinajstić information content (AvgIpc) is 2.52. The molecule has 0 saturated carbocycles. The van der Waals surface area contributed by atoms with Crippen molar-refractivity contribution in [3.05, 3.63) is 29.8 Å². The number of aryl methyl sites for hydroxylation is 2. The van der Waals surface area contributed by atoms with E-state index in [1.165, 1.54) is 12.1 Å². The van der Waals surface area contributed by atoms with Crippen molar-refractivity contribution in [1.82, 2.24) is 9.55 Å². The minimum absolute atomic E-state index is 0.163. The summed E-state index contributed by atoms with van der Waals surface area (Å²) >= 11 is 0. The first-order chi connectivity index (χ1) is 7.58. The number of hydrogen-bond donors (Lipinski definition) is 1. The molecule has 0 amide bonds. The highest BCUT2D eigenvalue weighted by atomic mass is 19.1. The van der Waals surface area contributed by atoms with Crippen LogP contribution in [0.1, 0.15) is 19.2 Å². The second kappa shape index (κ2) is 4.22. The Bertz CT molecular complexity index is 502. The Labute approximate surface area is 94.1 Å². The molecule has 0 bridgehead atoms. The molecule has 0 aliphatic rings. The first-order valence-electron chi connectivity index (χ1n) is 5.44. The van der Waals surface area contributed by atoms with Crippen LogP contribution in [0.25, 0.3) is 11.0 Å². The summed E-state index contributed by atoms with van der Waals surface area (Å²) in [5.74, 6) is 0.710. The van der Waals surface area contributed by atoms with E-state index in [1.54, 1.807) is 6.07 Å². The van der Waals surface area contributed by atoms with Gasteiger partial charge in [-0.05, 0) is 25.5 Å². The number of nitrogens with zero attached hydrogens (tertiary/aromatic N) is 2. The number of halogens is 1. The van der Waals surface area contributed by atoms with Crippen LogP contribution < -0.4 is 5.73 Å². The monoisotopic (exact) mass is 221 g/mol. The molecule has 1 aromatic heterocycles. The summed E-state index contributed by atoms with van der Waals surface area (Å²) in [6, 6.07) is 4.84. The molecule has 1 atom stereocenters. The van der Waals surface area contributed by atoms with Gasteiger partial charge in [-0.1, -0.05) is 0 Å². The second-order valence-corrected chi connectivity index (χ2v) is 4.24. The SMILES string of the molecule is CC(N)CCc1nc2cc(F)ccc2n1C. The molecule has 0 radical (unpaired) electrons. The van der Waals surface area contributed by atoms with Crippen molar-refractivity contribution in [2.24, 2.45) is 12.8 Å². The smallest absolute Gasteiger partial charge is 0.125 e. The number of imidazole rings is 1. The van der Waals surface area contributed by atoms with Gasteiger partial charge in [-0.15, -0.1) is 0 Å². The van der Waals surface area contributed by atoms with Crippen LogP contribution in [-0.4, -0.2) is 15.6 Å². The van der Waals surface area contributed by atoms with Gasteiger partial charge in [-0.3, -0.25) is 0 Å². The second-order valence-electron chi connectivity index (χ2n) is 4.24. The quantitative estimate of drug-likeness (QED) is 0.861. The van der Waals surface area contributed by atoms with E-state index < -0.39 is 0 Å². The van der Waals surface area contributed by atoms with Crippen LogP contribution in [0, 0.1) is 5.82 Å². The van der Waals surface area contributed by atoms with E-state index in [4.69, 9.17) is 5.73 Å². The van der Waals surface area contributed by atoms with Crippen LogP contribution in [0.4, 0.5) is 4.39 Å². The third kappa shape index (κ3) is 2.07. The molecule has 0 spiro atoms. The van der Waals surface area contributed by atoms with Gasteiger partial charge in [0.15, 0.2) is 0 Å². The Morgan fingerprint density at radius 3 is 2.94 bits per heavy atom. The fraction of sp³-hybridized carbons (Fsp3) is 0.417. The van der Waals surface area contributed by atoms with Crippen LogP contribution in [0.2, 0.25) is 0 Å². The molecule has 3 nitrogen and oxygen atoms in total. The van der Waals surface area contributed by atoms with E-state index in [0.717, 1.165) is 24.2 Å². The summed E-state index contributed by atoms with van der Waals surface area (Å²) in [6.45, 7) is 1.97. The van der Waals surface area contributed by atoms with Gasteiger partial charge in [0.05, 0.1) is 11.0 Å². The van der Waals surface area contributed by atoms with Crippen molar-refractivity contribution in [3.8, 4) is 0 Å². The van der Waals surface area contributed by atoms with Crippen molar-refractivity contribution < 1.29 is 4.39 Å². The zero-order valence-corrected chi connectivity index (χ0v) is 9.57. The van der Waals surface area contributed by atoms with Crippen LogP contribution >= 0.6 is 0 Å². The Morgan fingerprint density at radius 2 is 2.25 bits per heavy atom. The number of hydrogen-bond acceptors (Lipinski definition) is 2. The summed E-state index contributed by atoms with van der Waals surface area (Å²) in [5, 5.41) is 0. The van der Waals surface area contributed by atoms with E-state index in [1.807, 2.05) is 18.5 Å². The number of rotatable bonds is 3. The molecular weight excluding hydrogens is 205 g/mol. The molecular formula is C12H16FN3. The largest absolute Gasteiger partial charge is 0.331 e. The zero-order valence-electron chi connectivity index (χ0n) is 9.57. The standard InChI is InChI=1S/C12H16FN3/c1-8(14)3-6-12-15-10-7-9(13)4-5-11(10)16(12)2/h4-5,7-8H,3,6,14H2,1-2H3. The molecule has 86 valence electrons. The minimum Gasteiger partial charge on any atom is -0.331 e. The fourth-order valence-corrected chi connectivity index (χ4v) is 1.80. The van der Waals surface area contributed by atoms with E-state index in [-0.39, 0.29) is 11.9 Å². The third-order valence-corrected chi connectivity index (χ3v) is 2.76. The molecule has 2 aromatic rings. The number of nitrogens with two attached hydrogens (primary N) is 1. The molecule has 0 aliphatic carbocycles. The van der Waals surface area contributed by atoms with Crippen molar-refractivity contribution in [1.29, 1.82) is 0 Å². The highest BCUT2D eigenvalue weighted by Crippen LogP contribution is 2.17. The molecule has 1 aromatic carbocycles. The Kier molecular flexibility index (Phi) is 2.92. The van der Waals surface area contributed by atoms with Gasteiger partial charge < -0.3 is 10.3 Å². The zero-order chi connectivity index (χ0) is 11.7. The highest BCUT2D eigenvalue weighted by molar-refractivity contribution is 5.75. The highest BCUT2D eigenvalue weighted by Gasteiger charge is 2.08. The topological polar surface area (TPSA) is 43.8 Å². The van der Waals surface area contributed by atoms with Crippen molar-refractivity contribution >= 4 is 11.0 Å². The summed E-state index contributed by atoms with van der Waals surface area (Å²) in [5.41, 5.74) is 7.38. The van der Waals surface area contributed by atoms with Crippen LogP contribution in [0.15, 0.2) is 18.2 Å². The lowest BCUT2D eigenvalue weighted by atomic mass is 10.2. The predicted molar refractivity (Wildman–Crippen MR) is 62.6 cm³/mol. The molecule has 0 fully saturated rings. The van der Waals surface area contributed by atoms with Gasteiger partial charge in [-0.25, -0.2) is 9.37 Å². The lowest BCUT2D eigenvalue weighted by Crippen LogP contribution is -2.16. The van der Waals surface area contributed by atoms with Crippen LogP contribution in [0.5, 0.6) is 0 Å². The summed E-state index contributed by atoms with van der Waals surface area (Å²) in [4.78, 5) is 4.41. The van der Waals surface area contributed by atoms with Gasteiger partial charge in [0, 0.05) is 25.6 Å². The molecule has 2 rings (SSSR count). The summed E-state index contributed by atoms with van der Waals surface area (Å²) < 4.78 is 15.0. The average molecular weight is 221 g/mol. The van der Waals surface area contributed by atoms with Gasteiger partial charge >= 0.3 is 0 Å². The maximum atomic E-state index is 13.0. The fourth-order valence-electron chi connectivity index (χ4n) is 1.80. The normalized spacial score (nSPS) is 13.2. The third-order valence-electron chi connectivity index (χ3n) is 2.76. The molecule has 1 unspecified atom stereocenters. The van der Waals surface area contributed by atoms with Crippen LogP contribution in [-0.2, 0) is 13.5 Å². The first kappa shape index (κ1) is 11.1. The lowest BCUT2D eigenvalue weighted by Gasteiger charge is -2.04. The van der Waals surface area contributed by atoms with E-state index >= 15 is 0 Å². The van der Waals surface area contributed by atoms with E-state index in [0.29, 0.717) is 5.52 Å². The Hall–Kier alpha value is -1.42. The van der Waals surface area contributed by atoms with E-state index in [2.05, 4.69) is 4.98 Å². The van der Waals surface area contributed by atoms with Crippen molar-refractivity contribution in [2.45, 2.75) is 25.8 Å². The van der Waals surface area contributed by atoms with Gasteiger partial charge in [0.1, 0.15) is 11.6 Å². The summed E-state index contributed by atoms with van der Waals surface area (Å²) in [7, 11) is 1.95. The van der Waals surface area contributed by atoms with Gasteiger partial charge in [0.25, 0.3) is 0 Å². The molecule has 16 heavy (non-hydrogen) atoms. The number of aromatic nitrogens is 2. The van der Waals surface area contributed by atoms with Gasteiger partial charge in [-0.2, -0.15) is 0 Å². The Balaban J connectivity index is 2.36. The van der Waals surface area contributed by atoms with Crippen molar-refractivity contribution in [2.75, 3.05) is 0 Å². The molecule has 0 aliphatic heterocycles. The maximum Gasteiger partial charge on any atom is 0.125 e. The minimum atomic E-state index is -0.246. The molecule has 1 heterocycles. The summed E-state index contributed by atoms with van der Waals surface area (Å²) in [6.07, 6.45) is 1.71. The molecule has 0 saturated heterocycles. The van der Waals surface area contributed by atoms with Crippen LogP contribution in [0.3, 0.4) is 0 Å². The maximum absolute atomic E-state index is 13.0. The first-order valence-corrected chi connectivity index (χ1v) is 5.44. The van der Waals surface area contributed by atoms with E-state index in [9.17, 15) is 4.39 Å². The molecule has 2 N–H and O–H groups in total. The number of fused-ring (bicyclic) bond motifs is 1.